The molecule has 0 aliphatic carbocycles. The van der Waals surface area contributed by atoms with Crippen LogP contribution in [0.15, 0.2) is 108 Å². The second-order valence-electron chi connectivity index (χ2n) is 9.86. The van der Waals surface area contributed by atoms with Gasteiger partial charge in [0, 0.05) is 36.5 Å². The molecule has 1 atom stereocenters. The third kappa shape index (κ3) is 9.11. The SMILES string of the molecule is C=C/C(=C\C/C=C\CC)c1cn(C2CCN(C(=O)OC(CN)N=C(c3ccccc3)c3ccccc3)CC2)c(=O)[nH]1.C=O. The number of nitrogens with two attached hydrogens (primary N) is 1. The molecule has 1 aliphatic heterocycles. The van der Waals surface area contributed by atoms with E-state index < -0.39 is 12.3 Å². The first-order chi connectivity index (χ1) is 21.0. The highest BCUT2D eigenvalue weighted by Crippen LogP contribution is 2.24. The number of H-pyrrole nitrogens is 1. The van der Waals surface area contributed by atoms with Gasteiger partial charge in [0.25, 0.3) is 0 Å². The minimum Gasteiger partial charge on any atom is -0.422 e. The lowest BCUT2D eigenvalue weighted by atomic mass is 10.0. The van der Waals surface area contributed by atoms with Crippen LogP contribution in [0.1, 0.15) is 55.5 Å². The number of aromatic amines is 1. The van der Waals surface area contributed by atoms with E-state index in [0.29, 0.717) is 31.6 Å². The van der Waals surface area contributed by atoms with Gasteiger partial charge in [-0.05, 0) is 31.3 Å². The Morgan fingerprint density at radius 2 is 1.67 bits per heavy atom. The average Bonchev–Trinajstić information content (AvgIpc) is 3.45. The van der Waals surface area contributed by atoms with Crippen molar-refractivity contribution in [1.82, 2.24) is 14.5 Å². The van der Waals surface area contributed by atoms with Crippen LogP contribution in [-0.2, 0) is 9.53 Å². The van der Waals surface area contributed by atoms with Crippen LogP contribution in [0.3, 0.4) is 0 Å². The molecule has 1 aromatic heterocycles. The quantitative estimate of drug-likeness (QED) is 0.175. The number of likely N-dealkylation sites (tertiary alicyclic amines) is 1. The summed E-state index contributed by atoms with van der Waals surface area (Å²) in [5, 5.41) is 0. The number of carbonyl (C=O) groups is 2. The number of aromatic nitrogens is 2. The van der Waals surface area contributed by atoms with Crippen molar-refractivity contribution in [3.05, 3.63) is 125 Å². The maximum Gasteiger partial charge on any atom is 0.411 e. The third-order valence-corrected chi connectivity index (χ3v) is 7.07. The standard InChI is InChI=1S/C33H39N5O3.CH2O/c1-3-5-6-9-14-25(4-2)29-24-38(32(39)35-29)28-19-21-37(22-20-28)33(40)41-30(23-34)36-31(26-15-10-7-11-16-26)27-17-12-8-13-18-27;1-2/h4-8,10-18,24,28,30H,2-3,9,19-23,34H2,1H3,(H,35,39);1H2/b6-5-,25-14+;. The smallest absolute Gasteiger partial charge is 0.411 e. The molecule has 226 valence electrons. The van der Waals surface area contributed by atoms with Gasteiger partial charge in [-0.15, -0.1) is 0 Å². The topological polar surface area (TPSA) is 123 Å². The molecule has 4 rings (SSSR count). The second-order valence-corrected chi connectivity index (χ2v) is 9.86. The van der Waals surface area contributed by atoms with E-state index in [1.807, 2.05) is 79.7 Å². The summed E-state index contributed by atoms with van der Waals surface area (Å²) >= 11 is 0. The van der Waals surface area contributed by atoms with Gasteiger partial charge in [0.15, 0.2) is 0 Å². The molecule has 3 aromatic rings. The molecule has 1 saturated heterocycles. The number of imidazole rings is 1. The maximum atomic E-state index is 13.1. The fourth-order valence-corrected chi connectivity index (χ4v) is 4.89. The van der Waals surface area contributed by atoms with Gasteiger partial charge in [0.05, 0.1) is 18.0 Å². The highest BCUT2D eigenvalue weighted by molar-refractivity contribution is 6.12. The van der Waals surface area contributed by atoms with Gasteiger partial charge in [-0.1, -0.05) is 98.5 Å². The summed E-state index contributed by atoms with van der Waals surface area (Å²) in [4.78, 5) is 43.2. The molecule has 0 saturated carbocycles. The lowest BCUT2D eigenvalue weighted by Crippen LogP contribution is -2.42. The van der Waals surface area contributed by atoms with Crippen molar-refractivity contribution < 1.29 is 14.3 Å². The Kier molecular flexibility index (Phi) is 13.1. The van der Waals surface area contributed by atoms with E-state index in [4.69, 9.17) is 20.3 Å². The Hall–Kier alpha value is -4.76. The number of amides is 1. The monoisotopic (exact) mass is 583 g/mol. The van der Waals surface area contributed by atoms with Gasteiger partial charge in [-0.2, -0.15) is 0 Å². The van der Waals surface area contributed by atoms with Crippen molar-refractivity contribution in [1.29, 1.82) is 0 Å². The lowest BCUT2D eigenvalue weighted by Gasteiger charge is -2.32. The van der Waals surface area contributed by atoms with Crippen LogP contribution < -0.4 is 11.4 Å². The van der Waals surface area contributed by atoms with E-state index in [1.54, 1.807) is 15.5 Å². The van der Waals surface area contributed by atoms with Crippen LogP contribution in [-0.4, -0.2) is 58.9 Å². The van der Waals surface area contributed by atoms with Gasteiger partial charge < -0.3 is 25.1 Å². The summed E-state index contributed by atoms with van der Waals surface area (Å²) in [6.45, 7) is 8.98. The molecule has 1 aliphatic rings. The predicted molar refractivity (Wildman–Crippen MR) is 172 cm³/mol. The number of nitrogens with one attached hydrogen (secondary N) is 1. The van der Waals surface area contributed by atoms with E-state index >= 15 is 0 Å². The Labute approximate surface area is 253 Å². The van der Waals surface area contributed by atoms with Crippen molar-refractivity contribution in [3.63, 3.8) is 0 Å². The number of aliphatic imine (C=N–C) groups is 1. The van der Waals surface area contributed by atoms with E-state index in [2.05, 4.69) is 30.6 Å². The van der Waals surface area contributed by atoms with Gasteiger partial charge >= 0.3 is 11.8 Å². The van der Waals surface area contributed by atoms with Gasteiger partial charge in [-0.25, -0.2) is 14.6 Å². The van der Waals surface area contributed by atoms with E-state index in [9.17, 15) is 9.59 Å². The zero-order chi connectivity index (χ0) is 31.0. The van der Waals surface area contributed by atoms with Crippen LogP contribution in [0, 0.1) is 0 Å². The minimum atomic E-state index is -0.832. The molecule has 1 unspecified atom stereocenters. The molecule has 9 nitrogen and oxygen atoms in total. The Morgan fingerprint density at radius 3 is 2.21 bits per heavy atom. The second kappa shape index (κ2) is 17.3. The number of ether oxygens (including phenoxy) is 1. The van der Waals surface area contributed by atoms with Crippen molar-refractivity contribution in [2.75, 3.05) is 19.6 Å². The fraction of sp³-hybridized carbons (Fsp3) is 0.294. The Morgan fingerprint density at radius 1 is 1.07 bits per heavy atom. The zero-order valence-electron chi connectivity index (χ0n) is 24.7. The summed E-state index contributed by atoms with van der Waals surface area (Å²) in [6.07, 6.45) is 11.6. The third-order valence-electron chi connectivity index (χ3n) is 7.07. The molecular weight excluding hydrogens is 542 g/mol. The normalized spacial score (nSPS) is 14.5. The van der Waals surface area contributed by atoms with Crippen molar-refractivity contribution in [2.24, 2.45) is 10.7 Å². The number of hydrogen-bond donors (Lipinski definition) is 2. The minimum absolute atomic E-state index is 0.0197. The van der Waals surface area contributed by atoms with E-state index in [-0.39, 0.29) is 18.3 Å². The van der Waals surface area contributed by atoms with Crippen LogP contribution >= 0.6 is 0 Å². The first-order valence-corrected chi connectivity index (χ1v) is 14.5. The molecule has 3 N–H and O–H groups in total. The van der Waals surface area contributed by atoms with Gasteiger partial charge in [-0.3, -0.25) is 4.57 Å². The van der Waals surface area contributed by atoms with Crippen molar-refractivity contribution in [2.45, 2.75) is 44.9 Å². The number of carbonyl (C=O) groups excluding carboxylic acids is 2. The summed E-state index contributed by atoms with van der Waals surface area (Å²) in [6, 6.07) is 19.5. The number of piperidine rings is 1. The summed E-state index contributed by atoms with van der Waals surface area (Å²) in [5.41, 5.74) is 10.0. The van der Waals surface area contributed by atoms with E-state index in [0.717, 1.165) is 35.2 Å². The fourth-order valence-electron chi connectivity index (χ4n) is 4.89. The molecule has 1 amide bonds. The van der Waals surface area contributed by atoms with Crippen molar-refractivity contribution >= 4 is 24.2 Å². The van der Waals surface area contributed by atoms with Crippen LogP contribution in [0.4, 0.5) is 4.79 Å². The van der Waals surface area contributed by atoms with Crippen LogP contribution in [0.5, 0.6) is 0 Å². The molecule has 0 radical (unpaired) electrons. The van der Waals surface area contributed by atoms with Gasteiger partial charge in [0.2, 0.25) is 6.23 Å². The molecular formula is C34H41N5O4. The summed E-state index contributed by atoms with van der Waals surface area (Å²) < 4.78 is 7.49. The number of rotatable bonds is 11. The first-order valence-electron chi connectivity index (χ1n) is 14.5. The molecule has 43 heavy (non-hydrogen) atoms. The Bertz CT molecular complexity index is 1410. The zero-order valence-corrected chi connectivity index (χ0v) is 24.7. The molecule has 2 aromatic carbocycles. The Balaban J connectivity index is 0.00000248. The summed E-state index contributed by atoms with van der Waals surface area (Å²) in [7, 11) is 0. The maximum absolute atomic E-state index is 13.1. The van der Waals surface area contributed by atoms with Gasteiger partial charge in [0.1, 0.15) is 6.79 Å². The molecule has 0 spiro atoms. The number of hydrogen-bond acceptors (Lipinski definition) is 6. The van der Waals surface area contributed by atoms with E-state index in [1.165, 1.54) is 0 Å². The number of benzene rings is 2. The van der Waals surface area contributed by atoms with Crippen LogP contribution in [0.25, 0.3) is 5.57 Å². The summed E-state index contributed by atoms with van der Waals surface area (Å²) in [5.74, 6) is 0. The largest absolute Gasteiger partial charge is 0.422 e. The number of nitrogens with zero attached hydrogens (tertiary/aromatic N) is 3. The lowest BCUT2D eigenvalue weighted by molar-refractivity contribution is -0.0980. The predicted octanol–water partition coefficient (Wildman–Crippen LogP) is 5.51. The average molecular weight is 584 g/mol. The van der Waals surface area contributed by atoms with Crippen LogP contribution in [0.2, 0.25) is 0 Å². The first kappa shape index (κ1) is 32.8. The highest BCUT2D eigenvalue weighted by atomic mass is 16.6. The van der Waals surface area contributed by atoms with Crippen molar-refractivity contribution in [3.8, 4) is 0 Å². The number of allylic oxidation sites excluding steroid dienone is 5. The highest BCUT2D eigenvalue weighted by Gasteiger charge is 2.27. The molecule has 0 bridgehead atoms. The molecule has 9 heteroatoms. The molecule has 2 heterocycles. The molecule has 1 fully saturated rings.